The molecule has 0 bridgehead atoms. The second-order valence-corrected chi connectivity index (χ2v) is 7.87. The van der Waals surface area contributed by atoms with Gasteiger partial charge in [-0.3, -0.25) is 20.4 Å². The molecule has 1 saturated carbocycles. The third-order valence-electron chi connectivity index (χ3n) is 4.41. The Morgan fingerprint density at radius 2 is 1.92 bits per heavy atom. The van der Waals surface area contributed by atoms with Crippen molar-refractivity contribution >= 4 is 27.7 Å². The summed E-state index contributed by atoms with van der Waals surface area (Å²) in [4.78, 5) is 24.6. The van der Waals surface area contributed by atoms with Crippen molar-refractivity contribution in [2.24, 2.45) is 11.8 Å². The van der Waals surface area contributed by atoms with Gasteiger partial charge in [-0.2, -0.15) is 0 Å². The van der Waals surface area contributed by atoms with Crippen LogP contribution >= 0.6 is 15.9 Å². The maximum atomic E-state index is 12.5. The van der Waals surface area contributed by atoms with E-state index in [1.165, 1.54) is 6.42 Å². The Bertz CT molecular complexity index is 598. The van der Waals surface area contributed by atoms with Gasteiger partial charge < -0.3 is 4.74 Å². The molecule has 138 valence electrons. The van der Waals surface area contributed by atoms with Crippen molar-refractivity contribution < 1.29 is 14.3 Å². The fourth-order valence-electron chi connectivity index (χ4n) is 2.86. The van der Waals surface area contributed by atoms with Crippen LogP contribution in [0.1, 0.15) is 62.7 Å². The summed E-state index contributed by atoms with van der Waals surface area (Å²) in [6, 6.07) is 5.30. The molecule has 2 amide bonds. The van der Waals surface area contributed by atoms with E-state index in [2.05, 4.69) is 40.6 Å². The summed E-state index contributed by atoms with van der Waals surface area (Å²) in [5, 5.41) is 0. The van der Waals surface area contributed by atoms with Gasteiger partial charge in [0.05, 0.1) is 12.2 Å². The lowest BCUT2D eigenvalue weighted by molar-refractivity contribution is -0.126. The first-order valence-electron chi connectivity index (χ1n) is 9.00. The van der Waals surface area contributed by atoms with Crippen LogP contribution in [0.15, 0.2) is 22.7 Å². The number of ether oxygens (including phenoxy) is 1. The Morgan fingerprint density at radius 1 is 1.20 bits per heavy atom. The van der Waals surface area contributed by atoms with Crippen LogP contribution in [0.4, 0.5) is 0 Å². The number of nitrogens with one attached hydrogen (secondary N) is 2. The third kappa shape index (κ3) is 6.34. The molecule has 0 radical (unpaired) electrons. The van der Waals surface area contributed by atoms with E-state index in [0.717, 1.165) is 36.6 Å². The Morgan fingerprint density at radius 3 is 2.60 bits per heavy atom. The zero-order valence-electron chi connectivity index (χ0n) is 14.9. The lowest BCUT2D eigenvalue weighted by Crippen LogP contribution is -2.45. The normalized spacial score (nSPS) is 15.0. The smallest absolute Gasteiger partial charge is 0.273 e. The van der Waals surface area contributed by atoms with Gasteiger partial charge in [-0.05, 0) is 43.4 Å². The van der Waals surface area contributed by atoms with Crippen LogP contribution in [0.5, 0.6) is 5.75 Å². The topological polar surface area (TPSA) is 67.4 Å². The Balaban J connectivity index is 1.94. The average Bonchev–Trinajstić information content (AvgIpc) is 2.61. The number of amides is 2. The highest BCUT2D eigenvalue weighted by molar-refractivity contribution is 9.10. The minimum absolute atomic E-state index is 0.00155. The van der Waals surface area contributed by atoms with Crippen molar-refractivity contribution in [3.05, 3.63) is 28.2 Å². The van der Waals surface area contributed by atoms with Gasteiger partial charge in [-0.15, -0.1) is 0 Å². The van der Waals surface area contributed by atoms with Crippen LogP contribution in [0.2, 0.25) is 0 Å². The third-order valence-corrected chi connectivity index (χ3v) is 4.91. The molecule has 0 atom stereocenters. The predicted molar refractivity (Wildman–Crippen MR) is 101 cm³/mol. The van der Waals surface area contributed by atoms with E-state index in [9.17, 15) is 9.59 Å². The lowest BCUT2D eigenvalue weighted by atomic mass is 9.89. The molecule has 2 N–H and O–H groups in total. The molecule has 0 heterocycles. The molecule has 0 unspecified atom stereocenters. The highest BCUT2D eigenvalue weighted by atomic mass is 79.9. The van der Waals surface area contributed by atoms with Gasteiger partial charge in [0, 0.05) is 10.4 Å². The van der Waals surface area contributed by atoms with Gasteiger partial charge in [-0.25, -0.2) is 0 Å². The molecule has 1 aromatic carbocycles. The monoisotopic (exact) mass is 410 g/mol. The van der Waals surface area contributed by atoms with Crippen molar-refractivity contribution in [1.29, 1.82) is 0 Å². The maximum absolute atomic E-state index is 12.5. The van der Waals surface area contributed by atoms with E-state index < -0.39 is 0 Å². The number of hydrazine groups is 1. The molecule has 5 nitrogen and oxygen atoms in total. The zero-order valence-corrected chi connectivity index (χ0v) is 16.5. The van der Waals surface area contributed by atoms with Crippen LogP contribution in [0.3, 0.4) is 0 Å². The number of carbonyl (C=O) groups is 2. The minimum Gasteiger partial charge on any atom is -0.493 e. The van der Waals surface area contributed by atoms with Crippen LogP contribution in [0, 0.1) is 11.8 Å². The molecule has 1 fully saturated rings. The lowest BCUT2D eigenvalue weighted by Gasteiger charge is -2.21. The molecule has 1 aromatic rings. The van der Waals surface area contributed by atoms with Crippen LogP contribution < -0.4 is 15.6 Å². The summed E-state index contributed by atoms with van der Waals surface area (Å²) in [7, 11) is 0. The molecule has 0 aromatic heterocycles. The van der Waals surface area contributed by atoms with E-state index >= 15 is 0 Å². The van der Waals surface area contributed by atoms with Crippen LogP contribution in [-0.2, 0) is 4.79 Å². The van der Waals surface area contributed by atoms with Crippen LogP contribution in [0.25, 0.3) is 0 Å². The second-order valence-electron chi connectivity index (χ2n) is 6.95. The first-order chi connectivity index (χ1) is 12.0. The number of hydrogen-bond acceptors (Lipinski definition) is 3. The number of benzene rings is 1. The molecule has 1 aliphatic carbocycles. The van der Waals surface area contributed by atoms with Crippen LogP contribution in [-0.4, -0.2) is 18.4 Å². The Kier molecular flexibility index (Phi) is 7.75. The fourth-order valence-corrected chi connectivity index (χ4v) is 3.22. The summed E-state index contributed by atoms with van der Waals surface area (Å²) in [6.07, 6.45) is 6.03. The van der Waals surface area contributed by atoms with Gasteiger partial charge >= 0.3 is 0 Å². The first-order valence-corrected chi connectivity index (χ1v) is 9.79. The summed E-state index contributed by atoms with van der Waals surface area (Å²) in [5.41, 5.74) is 5.49. The van der Waals surface area contributed by atoms with E-state index in [-0.39, 0.29) is 17.7 Å². The first kappa shape index (κ1) is 19.8. The largest absolute Gasteiger partial charge is 0.493 e. The maximum Gasteiger partial charge on any atom is 0.273 e. The summed E-state index contributed by atoms with van der Waals surface area (Å²) in [6.45, 7) is 4.80. The quantitative estimate of drug-likeness (QED) is 0.689. The van der Waals surface area contributed by atoms with Gasteiger partial charge in [-0.1, -0.05) is 49.0 Å². The zero-order chi connectivity index (χ0) is 18.2. The number of hydrogen-bond donors (Lipinski definition) is 2. The SMILES string of the molecule is CC(C)CCOc1ccc(Br)cc1C(=O)NNC(=O)C1CCCCC1. The molecule has 1 aliphatic rings. The molecule has 25 heavy (non-hydrogen) atoms. The van der Waals surface area contributed by atoms with E-state index in [4.69, 9.17) is 4.74 Å². The second kappa shape index (κ2) is 9.80. The average molecular weight is 411 g/mol. The van der Waals surface area contributed by atoms with Gasteiger partial charge in [0.1, 0.15) is 5.75 Å². The fraction of sp³-hybridized carbons (Fsp3) is 0.579. The highest BCUT2D eigenvalue weighted by Gasteiger charge is 2.22. The number of rotatable bonds is 6. The Labute approximate surface area is 158 Å². The van der Waals surface area contributed by atoms with E-state index in [1.807, 2.05) is 6.07 Å². The van der Waals surface area contributed by atoms with Gasteiger partial charge in [0.25, 0.3) is 5.91 Å². The molecule has 2 rings (SSSR count). The van der Waals surface area contributed by atoms with Gasteiger partial charge in [0.15, 0.2) is 0 Å². The number of halogens is 1. The summed E-state index contributed by atoms with van der Waals surface area (Å²) < 4.78 is 6.54. The summed E-state index contributed by atoms with van der Waals surface area (Å²) >= 11 is 3.38. The number of carbonyl (C=O) groups excluding carboxylic acids is 2. The summed E-state index contributed by atoms with van der Waals surface area (Å²) in [5.74, 6) is 0.574. The molecular weight excluding hydrogens is 384 g/mol. The molecule has 6 heteroatoms. The molecule has 0 spiro atoms. The Hall–Kier alpha value is -1.56. The molecular formula is C19H27BrN2O3. The van der Waals surface area contributed by atoms with E-state index in [0.29, 0.717) is 23.8 Å². The highest BCUT2D eigenvalue weighted by Crippen LogP contribution is 2.25. The van der Waals surface area contributed by atoms with Crippen molar-refractivity contribution in [2.45, 2.75) is 52.4 Å². The van der Waals surface area contributed by atoms with Crippen molar-refractivity contribution in [2.75, 3.05) is 6.61 Å². The van der Waals surface area contributed by atoms with Crippen molar-refractivity contribution in [3.8, 4) is 5.75 Å². The van der Waals surface area contributed by atoms with Crippen molar-refractivity contribution in [3.63, 3.8) is 0 Å². The predicted octanol–water partition coefficient (Wildman–Crippen LogP) is 4.22. The molecule has 0 aliphatic heterocycles. The molecule has 0 saturated heterocycles. The standard InChI is InChI=1S/C19H27BrN2O3/c1-13(2)10-11-25-17-9-8-15(20)12-16(17)19(24)22-21-18(23)14-6-4-3-5-7-14/h8-9,12-14H,3-7,10-11H2,1-2H3,(H,21,23)(H,22,24). The minimum atomic E-state index is -0.370. The van der Waals surface area contributed by atoms with Gasteiger partial charge in [0.2, 0.25) is 5.91 Å². The van der Waals surface area contributed by atoms with E-state index in [1.54, 1.807) is 12.1 Å². The van der Waals surface area contributed by atoms with Crippen molar-refractivity contribution in [1.82, 2.24) is 10.9 Å².